The summed E-state index contributed by atoms with van der Waals surface area (Å²) in [5.74, 6) is 2.22. The molecule has 2 aliphatic rings. The van der Waals surface area contributed by atoms with Gasteiger partial charge < -0.3 is 9.80 Å². The van der Waals surface area contributed by atoms with Crippen molar-refractivity contribution in [3.8, 4) is 0 Å². The zero-order valence-electron chi connectivity index (χ0n) is 13.5. The highest BCUT2D eigenvalue weighted by atomic mass is 32.2. The summed E-state index contributed by atoms with van der Waals surface area (Å²) in [4.78, 5) is 32.8. The van der Waals surface area contributed by atoms with Crippen molar-refractivity contribution < 1.29 is 9.59 Å². The van der Waals surface area contributed by atoms with Crippen molar-refractivity contribution in [2.24, 2.45) is 5.92 Å². The molecule has 3 heterocycles. The molecule has 0 aromatic carbocycles. The van der Waals surface area contributed by atoms with E-state index < -0.39 is 0 Å². The van der Waals surface area contributed by atoms with Gasteiger partial charge in [-0.2, -0.15) is 11.8 Å². The molecule has 1 aromatic heterocycles. The Morgan fingerprint density at radius 3 is 2.87 bits per heavy atom. The van der Waals surface area contributed by atoms with Crippen LogP contribution in [0.2, 0.25) is 0 Å². The minimum atomic E-state index is -0.203. The van der Waals surface area contributed by atoms with Crippen molar-refractivity contribution in [2.75, 3.05) is 25.1 Å². The van der Waals surface area contributed by atoms with E-state index in [0.717, 1.165) is 30.0 Å². The number of carbonyl (C=O) groups is 2. The molecule has 5 nitrogen and oxygen atoms in total. The monoisotopic (exact) mass is 333 g/mol. The van der Waals surface area contributed by atoms with Crippen LogP contribution in [0.25, 0.3) is 0 Å². The van der Waals surface area contributed by atoms with Gasteiger partial charge in [0.25, 0.3) is 0 Å². The van der Waals surface area contributed by atoms with E-state index in [1.165, 1.54) is 0 Å². The van der Waals surface area contributed by atoms with Crippen LogP contribution in [-0.4, -0.2) is 57.7 Å². The summed E-state index contributed by atoms with van der Waals surface area (Å²) in [6, 6.07) is 6.02. The van der Waals surface area contributed by atoms with Crippen molar-refractivity contribution >= 4 is 23.6 Å². The van der Waals surface area contributed by atoms with Crippen molar-refractivity contribution in [3.05, 3.63) is 30.1 Å². The molecule has 0 bridgehead atoms. The molecule has 0 aliphatic carbocycles. The first kappa shape index (κ1) is 16.3. The number of pyridine rings is 1. The summed E-state index contributed by atoms with van der Waals surface area (Å²) >= 11 is 1.95. The molecule has 1 atom stereocenters. The first-order valence-corrected chi connectivity index (χ1v) is 9.32. The summed E-state index contributed by atoms with van der Waals surface area (Å²) in [5.41, 5.74) is 0.867. The van der Waals surface area contributed by atoms with Crippen LogP contribution in [0.15, 0.2) is 24.4 Å². The van der Waals surface area contributed by atoms with Crippen LogP contribution < -0.4 is 0 Å². The average Bonchev–Trinajstić information content (AvgIpc) is 2.96. The number of nitrogens with zero attached hydrogens (tertiary/aromatic N) is 3. The molecule has 3 rings (SSSR count). The number of hydrogen-bond acceptors (Lipinski definition) is 4. The summed E-state index contributed by atoms with van der Waals surface area (Å²) < 4.78 is 0. The Balaban J connectivity index is 1.59. The number of carbonyl (C=O) groups excluding carboxylic acids is 2. The number of rotatable bonds is 4. The smallest absolute Gasteiger partial charge is 0.227 e. The quantitative estimate of drug-likeness (QED) is 0.843. The largest absolute Gasteiger partial charge is 0.342 e. The number of likely N-dealkylation sites (tertiary alicyclic amines) is 1. The van der Waals surface area contributed by atoms with Crippen LogP contribution in [0.4, 0.5) is 0 Å². The Kier molecular flexibility index (Phi) is 5.20. The van der Waals surface area contributed by atoms with Crippen molar-refractivity contribution in [1.29, 1.82) is 0 Å². The van der Waals surface area contributed by atoms with Crippen LogP contribution in [0.5, 0.6) is 0 Å². The summed E-state index contributed by atoms with van der Waals surface area (Å²) in [5, 5.41) is 0. The fourth-order valence-corrected chi connectivity index (χ4v) is 4.40. The van der Waals surface area contributed by atoms with E-state index in [4.69, 9.17) is 0 Å². The highest BCUT2D eigenvalue weighted by Gasteiger charge is 2.37. The molecule has 0 N–H and O–H groups in total. The van der Waals surface area contributed by atoms with Crippen LogP contribution in [0.3, 0.4) is 0 Å². The van der Waals surface area contributed by atoms with E-state index in [-0.39, 0.29) is 17.7 Å². The van der Waals surface area contributed by atoms with Gasteiger partial charge in [-0.3, -0.25) is 14.6 Å². The lowest BCUT2D eigenvalue weighted by atomic mass is 10.0. The fourth-order valence-electron chi connectivity index (χ4n) is 3.32. The molecule has 1 unspecified atom stereocenters. The third kappa shape index (κ3) is 3.86. The van der Waals surface area contributed by atoms with E-state index in [1.807, 2.05) is 41.9 Å². The van der Waals surface area contributed by atoms with E-state index in [9.17, 15) is 9.59 Å². The topological polar surface area (TPSA) is 53.5 Å². The lowest BCUT2D eigenvalue weighted by Crippen LogP contribution is -2.43. The minimum Gasteiger partial charge on any atom is -0.342 e. The first-order chi connectivity index (χ1) is 11.1. The maximum absolute atomic E-state index is 12.7. The van der Waals surface area contributed by atoms with Crippen LogP contribution in [-0.2, 0) is 16.1 Å². The molecule has 0 radical (unpaired) electrons. The number of aromatic nitrogens is 1. The summed E-state index contributed by atoms with van der Waals surface area (Å²) in [7, 11) is 1.90. The molecule has 2 aliphatic heterocycles. The van der Waals surface area contributed by atoms with Gasteiger partial charge in [-0.15, -0.1) is 0 Å². The van der Waals surface area contributed by atoms with Crippen LogP contribution >= 0.6 is 11.8 Å². The summed E-state index contributed by atoms with van der Waals surface area (Å²) in [6.07, 6.45) is 4.18. The molecule has 2 fully saturated rings. The van der Waals surface area contributed by atoms with Crippen LogP contribution in [0.1, 0.15) is 25.0 Å². The Bertz CT molecular complexity index is 560. The van der Waals surface area contributed by atoms with Crippen LogP contribution in [0, 0.1) is 5.92 Å². The SMILES string of the molecule is CN(C(=O)C1CC(=O)N(Cc2ccccn2)C1)C1CCSCC1. The van der Waals surface area contributed by atoms with E-state index in [1.54, 1.807) is 11.1 Å². The minimum absolute atomic E-state index is 0.0570. The second kappa shape index (κ2) is 7.34. The third-order valence-electron chi connectivity index (χ3n) is 4.73. The molecule has 124 valence electrons. The molecule has 0 spiro atoms. The molecule has 2 amide bonds. The summed E-state index contributed by atoms with van der Waals surface area (Å²) in [6.45, 7) is 1.01. The van der Waals surface area contributed by atoms with Gasteiger partial charge in [0.1, 0.15) is 0 Å². The molecule has 23 heavy (non-hydrogen) atoms. The van der Waals surface area contributed by atoms with Gasteiger partial charge in [-0.25, -0.2) is 0 Å². The highest BCUT2D eigenvalue weighted by Crippen LogP contribution is 2.26. The maximum atomic E-state index is 12.7. The Morgan fingerprint density at radius 1 is 1.39 bits per heavy atom. The second-order valence-electron chi connectivity index (χ2n) is 6.29. The lowest BCUT2D eigenvalue weighted by Gasteiger charge is -2.32. The maximum Gasteiger partial charge on any atom is 0.227 e. The molecule has 6 heteroatoms. The Morgan fingerprint density at radius 2 is 2.17 bits per heavy atom. The predicted molar refractivity (Wildman–Crippen MR) is 90.9 cm³/mol. The highest BCUT2D eigenvalue weighted by molar-refractivity contribution is 7.99. The molecule has 0 saturated carbocycles. The third-order valence-corrected chi connectivity index (χ3v) is 5.78. The Labute approximate surface area is 141 Å². The average molecular weight is 333 g/mol. The predicted octanol–water partition coefficient (Wildman–Crippen LogP) is 1.78. The van der Waals surface area contributed by atoms with Crippen molar-refractivity contribution in [3.63, 3.8) is 0 Å². The molecule has 1 aromatic rings. The number of thioether (sulfide) groups is 1. The van der Waals surface area contributed by atoms with E-state index in [0.29, 0.717) is 25.6 Å². The van der Waals surface area contributed by atoms with Gasteiger partial charge in [0, 0.05) is 32.3 Å². The van der Waals surface area contributed by atoms with Gasteiger partial charge in [-0.1, -0.05) is 6.07 Å². The first-order valence-electron chi connectivity index (χ1n) is 8.17. The van der Waals surface area contributed by atoms with Crippen molar-refractivity contribution in [1.82, 2.24) is 14.8 Å². The zero-order valence-corrected chi connectivity index (χ0v) is 14.3. The number of hydrogen-bond donors (Lipinski definition) is 0. The van der Waals surface area contributed by atoms with Gasteiger partial charge in [0.15, 0.2) is 0 Å². The second-order valence-corrected chi connectivity index (χ2v) is 7.51. The fraction of sp³-hybridized carbons (Fsp3) is 0.588. The van der Waals surface area contributed by atoms with Gasteiger partial charge in [0.2, 0.25) is 11.8 Å². The van der Waals surface area contributed by atoms with E-state index >= 15 is 0 Å². The molecular formula is C17H23N3O2S. The van der Waals surface area contributed by atoms with Crippen molar-refractivity contribution in [2.45, 2.75) is 31.8 Å². The zero-order chi connectivity index (χ0) is 16.2. The molecule has 2 saturated heterocycles. The Hall–Kier alpha value is -1.56. The lowest BCUT2D eigenvalue weighted by molar-refractivity contribution is -0.136. The number of amides is 2. The standard InChI is InChI=1S/C17H23N3O2S/c1-19(15-5-8-23-9-6-15)17(22)13-10-16(21)20(11-13)12-14-4-2-3-7-18-14/h2-4,7,13,15H,5-6,8-12H2,1H3. The normalized spacial score (nSPS) is 22.4. The molecular weight excluding hydrogens is 310 g/mol. The van der Waals surface area contributed by atoms with E-state index in [2.05, 4.69) is 4.98 Å². The van der Waals surface area contributed by atoms with Gasteiger partial charge >= 0.3 is 0 Å². The van der Waals surface area contributed by atoms with Gasteiger partial charge in [-0.05, 0) is 36.5 Å². The van der Waals surface area contributed by atoms with Gasteiger partial charge in [0.05, 0.1) is 18.2 Å².